The van der Waals surface area contributed by atoms with Crippen LogP contribution in [0, 0.1) is 5.82 Å². The fraction of sp³-hybridized carbons (Fsp3) is 0. The Morgan fingerprint density at radius 1 is 0.895 bits per heavy atom. The third kappa shape index (κ3) is 2.39. The van der Waals surface area contributed by atoms with Gasteiger partial charge in [0.1, 0.15) is 11.5 Å². The molecule has 2 nitrogen and oxygen atoms in total. The summed E-state index contributed by atoms with van der Waals surface area (Å²) in [5, 5.41) is 0.290. The van der Waals surface area contributed by atoms with E-state index in [1.807, 2.05) is 30.3 Å². The van der Waals surface area contributed by atoms with E-state index in [9.17, 15) is 4.39 Å². The van der Waals surface area contributed by atoms with Crippen molar-refractivity contribution in [3.63, 3.8) is 0 Å². The molecule has 1 heterocycles. The first-order valence-electron chi connectivity index (χ1n) is 5.75. The molecule has 0 aliphatic rings. The predicted molar refractivity (Wildman–Crippen MR) is 74.6 cm³/mol. The van der Waals surface area contributed by atoms with Gasteiger partial charge in [-0.3, -0.25) is 0 Å². The average Bonchev–Trinajstić information content (AvgIpc) is 2.83. The first kappa shape index (κ1) is 12.0. The molecule has 0 saturated heterocycles. The van der Waals surface area contributed by atoms with Crippen LogP contribution in [0.2, 0.25) is 0 Å². The van der Waals surface area contributed by atoms with E-state index in [4.69, 9.17) is 4.42 Å². The molecule has 0 spiro atoms. The van der Waals surface area contributed by atoms with Gasteiger partial charge < -0.3 is 4.42 Å². The molecule has 0 amide bonds. The first-order chi connectivity index (χ1) is 9.24. The van der Waals surface area contributed by atoms with Gasteiger partial charge in [-0.2, -0.15) is 0 Å². The van der Waals surface area contributed by atoms with Crippen molar-refractivity contribution in [1.82, 2.24) is 4.98 Å². The van der Waals surface area contributed by atoms with Gasteiger partial charge in [0.15, 0.2) is 5.76 Å². The van der Waals surface area contributed by atoms with Crippen LogP contribution in [0.25, 0.3) is 22.6 Å². The summed E-state index contributed by atoms with van der Waals surface area (Å²) < 4.78 is 18.5. The summed E-state index contributed by atoms with van der Waals surface area (Å²) in [4.78, 5) is 4.26. The van der Waals surface area contributed by atoms with Crippen LogP contribution in [0.4, 0.5) is 4.39 Å². The van der Waals surface area contributed by atoms with E-state index in [0.717, 1.165) is 11.1 Å². The standard InChI is InChI=1S/C15H10FNOS/c16-12-8-6-10(7-9-12)13-14(18-15(19)17-13)11-4-2-1-3-5-11/h1-9H,(H,17,19). The van der Waals surface area contributed by atoms with Gasteiger partial charge in [-0.05, 0) is 24.3 Å². The second-order valence-electron chi connectivity index (χ2n) is 4.05. The Morgan fingerprint density at radius 3 is 2.26 bits per heavy atom. The monoisotopic (exact) mass is 271 g/mol. The molecule has 0 N–H and O–H groups in total. The van der Waals surface area contributed by atoms with E-state index in [0.29, 0.717) is 11.5 Å². The molecule has 19 heavy (non-hydrogen) atoms. The summed E-state index contributed by atoms with van der Waals surface area (Å²) in [7, 11) is 0. The number of nitrogens with zero attached hydrogens (tertiary/aromatic N) is 1. The van der Waals surface area contributed by atoms with Crippen molar-refractivity contribution in [2.75, 3.05) is 0 Å². The van der Waals surface area contributed by atoms with E-state index in [1.165, 1.54) is 12.1 Å². The predicted octanol–water partition coefficient (Wildman–Crippen LogP) is 4.44. The van der Waals surface area contributed by atoms with Crippen LogP contribution in [0.1, 0.15) is 0 Å². The Kier molecular flexibility index (Phi) is 3.09. The zero-order chi connectivity index (χ0) is 13.2. The lowest BCUT2D eigenvalue weighted by molar-refractivity contribution is 0.468. The van der Waals surface area contributed by atoms with Crippen molar-refractivity contribution < 1.29 is 8.81 Å². The maximum absolute atomic E-state index is 13.0. The highest BCUT2D eigenvalue weighted by Gasteiger charge is 2.15. The minimum atomic E-state index is -0.278. The molecule has 0 atom stereocenters. The minimum absolute atomic E-state index is 0.278. The highest BCUT2D eigenvalue weighted by Crippen LogP contribution is 2.33. The molecule has 94 valence electrons. The first-order valence-corrected chi connectivity index (χ1v) is 6.20. The molecule has 3 aromatic rings. The van der Waals surface area contributed by atoms with Crippen LogP contribution in [0.15, 0.2) is 64.2 Å². The molecule has 3 rings (SSSR count). The van der Waals surface area contributed by atoms with E-state index in [-0.39, 0.29) is 11.0 Å². The van der Waals surface area contributed by atoms with Crippen LogP contribution < -0.4 is 0 Å². The van der Waals surface area contributed by atoms with Gasteiger partial charge in [0.25, 0.3) is 5.22 Å². The summed E-state index contributed by atoms with van der Waals surface area (Å²) in [6, 6.07) is 15.8. The van der Waals surface area contributed by atoms with Crippen molar-refractivity contribution in [3.8, 4) is 22.6 Å². The van der Waals surface area contributed by atoms with Crippen LogP contribution in [-0.2, 0) is 0 Å². The van der Waals surface area contributed by atoms with E-state index < -0.39 is 0 Å². The van der Waals surface area contributed by atoms with Crippen molar-refractivity contribution in [1.29, 1.82) is 0 Å². The molecule has 1 aromatic heterocycles. The van der Waals surface area contributed by atoms with Gasteiger partial charge in [0.2, 0.25) is 0 Å². The Hall–Kier alpha value is -2.07. The number of hydrogen-bond donors (Lipinski definition) is 1. The number of halogens is 1. The number of thiol groups is 1. The van der Waals surface area contributed by atoms with E-state index >= 15 is 0 Å². The van der Waals surface area contributed by atoms with Gasteiger partial charge in [0, 0.05) is 11.1 Å². The molecule has 0 fully saturated rings. The van der Waals surface area contributed by atoms with Crippen molar-refractivity contribution >= 4 is 12.6 Å². The lowest BCUT2D eigenvalue weighted by atomic mass is 10.1. The summed E-state index contributed by atoms with van der Waals surface area (Å²) in [6.07, 6.45) is 0. The second-order valence-corrected chi connectivity index (χ2v) is 4.43. The number of hydrogen-bond acceptors (Lipinski definition) is 3. The fourth-order valence-corrected chi connectivity index (χ4v) is 2.09. The molecule has 0 radical (unpaired) electrons. The molecule has 0 aliphatic heterocycles. The lowest BCUT2D eigenvalue weighted by Crippen LogP contribution is -1.83. The minimum Gasteiger partial charge on any atom is -0.431 e. The summed E-state index contributed by atoms with van der Waals surface area (Å²) >= 11 is 4.14. The van der Waals surface area contributed by atoms with Crippen LogP contribution >= 0.6 is 12.6 Å². The zero-order valence-electron chi connectivity index (χ0n) is 9.88. The largest absolute Gasteiger partial charge is 0.431 e. The molecule has 2 aromatic carbocycles. The Balaban J connectivity index is 2.15. The Morgan fingerprint density at radius 2 is 1.58 bits per heavy atom. The maximum atomic E-state index is 13.0. The van der Waals surface area contributed by atoms with Crippen molar-refractivity contribution in [2.24, 2.45) is 0 Å². The summed E-state index contributed by atoms with van der Waals surface area (Å²) in [6.45, 7) is 0. The van der Waals surface area contributed by atoms with Gasteiger partial charge in [-0.1, -0.05) is 43.0 Å². The van der Waals surface area contributed by atoms with E-state index in [1.54, 1.807) is 12.1 Å². The molecular formula is C15H10FNOS. The summed E-state index contributed by atoms with van der Waals surface area (Å²) in [5.74, 6) is 0.358. The Labute approximate surface area is 115 Å². The topological polar surface area (TPSA) is 26.0 Å². The maximum Gasteiger partial charge on any atom is 0.253 e. The number of benzene rings is 2. The number of rotatable bonds is 2. The molecule has 0 aliphatic carbocycles. The zero-order valence-corrected chi connectivity index (χ0v) is 10.8. The lowest BCUT2D eigenvalue weighted by Gasteiger charge is -2.01. The van der Waals surface area contributed by atoms with E-state index in [2.05, 4.69) is 17.6 Å². The number of oxazole rings is 1. The van der Waals surface area contributed by atoms with Gasteiger partial charge >= 0.3 is 0 Å². The smallest absolute Gasteiger partial charge is 0.253 e. The van der Waals surface area contributed by atoms with Gasteiger partial charge in [0.05, 0.1) is 0 Å². The number of aromatic nitrogens is 1. The SMILES string of the molecule is Fc1ccc(-c2nc(S)oc2-c2ccccc2)cc1. The molecule has 4 heteroatoms. The van der Waals surface area contributed by atoms with Crippen LogP contribution in [-0.4, -0.2) is 4.98 Å². The summed E-state index contributed by atoms with van der Waals surface area (Å²) in [5.41, 5.74) is 2.37. The average molecular weight is 271 g/mol. The normalized spacial score (nSPS) is 10.6. The van der Waals surface area contributed by atoms with Crippen LogP contribution in [0.3, 0.4) is 0 Å². The molecule has 0 saturated carbocycles. The molecule has 0 bridgehead atoms. The fourth-order valence-electron chi connectivity index (χ4n) is 1.90. The molecular weight excluding hydrogens is 261 g/mol. The second kappa shape index (κ2) is 4.90. The molecule has 0 unspecified atom stereocenters. The highest BCUT2D eigenvalue weighted by molar-refractivity contribution is 7.80. The van der Waals surface area contributed by atoms with Gasteiger partial charge in [-0.15, -0.1) is 0 Å². The van der Waals surface area contributed by atoms with Crippen LogP contribution in [0.5, 0.6) is 0 Å². The Bertz CT molecular complexity index is 692. The highest BCUT2D eigenvalue weighted by atomic mass is 32.1. The van der Waals surface area contributed by atoms with Crippen molar-refractivity contribution in [2.45, 2.75) is 5.22 Å². The van der Waals surface area contributed by atoms with Gasteiger partial charge in [-0.25, -0.2) is 9.37 Å². The van der Waals surface area contributed by atoms with Crippen molar-refractivity contribution in [3.05, 3.63) is 60.4 Å². The third-order valence-corrected chi connectivity index (χ3v) is 2.96. The quantitative estimate of drug-likeness (QED) is 0.697. The third-order valence-electron chi connectivity index (χ3n) is 2.77.